The molecule has 3 rings (SSSR count). The molecule has 136 valence electrons. The first-order chi connectivity index (χ1) is 12.5. The minimum atomic E-state index is 0.0374. The maximum atomic E-state index is 13.1. The zero-order valence-electron chi connectivity index (χ0n) is 16.0. The Morgan fingerprint density at radius 2 is 1.81 bits per heavy atom. The number of carbonyl (C=O) groups is 1. The summed E-state index contributed by atoms with van der Waals surface area (Å²) in [6.07, 6.45) is 1.92. The third-order valence-corrected chi connectivity index (χ3v) is 4.62. The molecule has 26 heavy (non-hydrogen) atoms. The van der Waals surface area contributed by atoms with Crippen LogP contribution in [0.1, 0.15) is 30.5 Å². The van der Waals surface area contributed by atoms with E-state index in [2.05, 4.69) is 13.8 Å². The first-order valence-electron chi connectivity index (χ1n) is 8.82. The number of methoxy groups -OCH3 is 2. The third kappa shape index (κ3) is 3.07. The standard InChI is InChI=1S/C22H25NO3/c1-14(2)13-23-19-9-7-6-8-17(19)18(22(23)24)12-16-10-11-20(25-4)15(3)21(16)26-5/h6-12,14H,13H2,1-5H3/b18-12-. The normalized spacial score (nSPS) is 14.9. The molecule has 0 atom stereocenters. The largest absolute Gasteiger partial charge is 0.496 e. The second-order valence-corrected chi connectivity index (χ2v) is 6.90. The van der Waals surface area contributed by atoms with Gasteiger partial charge in [-0.05, 0) is 37.1 Å². The number of carbonyl (C=O) groups excluding carboxylic acids is 1. The number of amides is 1. The second-order valence-electron chi connectivity index (χ2n) is 6.90. The van der Waals surface area contributed by atoms with Gasteiger partial charge in [0, 0.05) is 28.8 Å². The van der Waals surface area contributed by atoms with Crippen molar-refractivity contribution in [1.29, 1.82) is 0 Å². The molecule has 0 radical (unpaired) electrons. The summed E-state index contributed by atoms with van der Waals surface area (Å²) in [5, 5.41) is 0. The summed E-state index contributed by atoms with van der Waals surface area (Å²) in [7, 11) is 3.28. The first-order valence-corrected chi connectivity index (χ1v) is 8.82. The van der Waals surface area contributed by atoms with E-state index in [0.29, 0.717) is 18.0 Å². The topological polar surface area (TPSA) is 38.8 Å². The molecule has 0 spiro atoms. The van der Waals surface area contributed by atoms with Crippen molar-refractivity contribution in [2.75, 3.05) is 25.7 Å². The molecule has 0 saturated carbocycles. The number of nitrogens with zero attached hydrogens (tertiary/aromatic N) is 1. The Bertz CT molecular complexity index is 868. The maximum Gasteiger partial charge on any atom is 0.259 e. The number of anilines is 1. The van der Waals surface area contributed by atoms with Crippen LogP contribution in [0.2, 0.25) is 0 Å². The van der Waals surface area contributed by atoms with Gasteiger partial charge < -0.3 is 14.4 Å². The van der Waals surface area contributed by atoms with Crippen LogP contribution >= 0.6 is 0 Å². The van der Waals surface area contributed by atoms with Crippen LogP contribution in [-0.4, -0.2) is 26.7 Å². The molecule has 0 bridgehead atoms. The highest BCUT2D eigenvalue weighted by Crippen LogP contribution is 2.40. The van der Waals surface area contributed by atoms with Gasteiger partial charge in [-0.1, -0.05) is 32.0 Å². The van der Waals surface area contributed by atoms with Crippen LogP contribution in [0.25, 0.3) is 11.6 Å². The Morgan fingerprint density at radius 3 is 2.46 bits per heavy atom. The van der Waals surface area contributed by atoms with E-state index in [0.717, 1.165) is 33.9 Å². The van der Waals surface area contributed by atoms with Crippen LogP contribution in [0, 0.1) is 12.8 Å². The Labute approximate surface area is 155 Å². The predicted molar refractivity (Wildman–Crippen MR) is 106 cm³/mol. The summed E-state index contributed by atoms with van der Waals surface area (Å²) < 4.78 is 11.0. The zero-order chi connectivity index (χ0) is 18.8. The highest BCUT2D eigenvalue weighted by atomic mass is 16.5. The molecule has 0 unspecified atom stereocenters. The Hall–Kier alpha value is -2.75. The van der Waals surface area contributed by atoms with Gasteiger partial charge in [0.05, 0.1) is 19.9 Å². The fraction of sp³-hybridized carbons (Fsp3) is 0.318. The van der Waals surface area contributed by atoms with Gasteiger partial charge in [-0.25, -0.2) is 0 Å². The van der Waals surface area contributed by atoms with Crippen molar-refractivity contribution in [3.8, 4) is 11.5 Å². The highest BCUT2D eigenvalue weighted by Gasteiger charge is 2.32. The Kier molecular flexibility index (Phi) is 5.03. The molecule has 0 fully saturated rings. The van der Waals surface area contributed by atoms with Crippen molar-refractivity contribution in [1.82, 2.24) is 0 Å². The number of fused-ring (bicyclic) bond motifs is 1. The molecule has 0 saturated heterocycles. The molecule has 1 aliphatic rings. The predicted octanol–water partition coefficient (Wildman–Crippen LogP) is 4.56. The average Bonchev–Trinajstić information content (AvgIpc) is 2.88. The molecule has 1 amide bonds. The molecular weight excluding hydrogens is 326 g/mol. The molecule has 4 heteroatoms. The lowest BCUT2D eigenvalue weighted by Crippen LogP contribution is -2.30. The van der Waals surface area contributed by atoms with Crippen molar-refractivity contribution in [2.24, 2.45) is 5.92 Å². The molecular formula is C22H25NO3. The summed E-state index contributed by atoms with van der Waals surface area (Å²) in [6.45, 7) is 6.89. The van der Waals surface area contributed by atoms with E-state index in [1.54, 1.807) is 14.2 Å². The summed E-state index contributed by atoms with van der Waals surface area (Å²) in [5.41, 5.74) is 4.43. The number of rotatable bonds is 5. The van der Waals surface area contributed by atoms with Crippen LogP contribution < -0.4 is 14.4 Å². The number of hydrogen-bond donors (Lipinski definition) is 0. The number of hydrogen-bond acceptors (Lipinski definition) is 3. The lowest BCUT2D eigenvalue weighted by atomic mass is 10.0. The third-order valence-electron chi connectivity index (χ3n) is 4.62. The van der Waals surface area contributed by atoms with Crippen molar-refractivity contribution in [3.63, 3.8) is 0 Å². The minimum absolute atomic E-state index is 0.0374. The van der Waals surface area contributed by atoms with Crippen molar-refractivity contribution in [3.05, 3.63) is 53.1 Å². The van der Waals surface area contributed by atoms with Crippen molar-refractivity contribution >= 4 is 23.2 Å². The van der Waals surface area contributed by atoms with Gasteiger partial charge in [-0.3, -0.25) is 4.79 Å². The van der Waals surface area contributed by atoms with Gasteiger partial charge in [0.25, 0.3) is 5.91 Å². The smallest absolute Gasteiger partial charge is 0.259 e. The Morgan fingerprint density at radius 1 is 1.08 bits per heavy atom. The molecule has 4 nitrogen and oxygen atoms in total. The van der Waals surface area contributed by atoms with E-state index < -0.39 is 0 Å². The second kappa shape index (κ2) is 7.24. The average molecular weight is 351 g/mol. The van der Waals surface area contributed by atoms with E-state index >= 15 is 0 Å². The molecule has 2 aromatic carbocycles. The van der Waals surface area contributed by atoms with E-state index in [4.69, 9.17) is 9.47 Å². The van der Waals surface area contributed by atoms with Crippen LogP contribution in [0.3, 0.4) is 0 Å². The first kappa shape index (κ1) is 18.1. The van der Waals surface area contributed by atoms with E-state index in [9.17, 15) is 4.79 Å². The molecule has 1 heterocycles. The Balaban J connectivity index is 2.12. The molecule has 0 aromatic heterocycles. The van der Waals surface area contributed by atoms with Gasteiger partial charge in [-0.2, -0.15) is 0 Å². The quantitative estimate of drug-likeness (QED) is 0.742. The van der Waals surface area contributed by atoms with Crippen molar-refractivity contribution < 1.29 is 14.3 Å². The maximum absolute atomic E-state index is 13.1. The van der Waals surface area contributed by atoms with E-state index in [1.807, 2.05) is 54.3 Å². The van der Waals surface area contributed by atoms with Crippen LogP contribution in [0.4, 0.5) is 5.69 Å². The molecule has 0 N–H and O–H groups in total. The van der Waals surface area contributed by atoms with Gasteiger partial charge in [0.15, 0.2) is 0 Å². The number of para-hydroxylation sites is 1. The minimum Gasteiger partial charge on any atom is -0.496 e. The van der Waals surface area contributed by atoms with Gasteiger partial charge in [0.2, 0.25) is 0 Å². The van der Waals surface area contributed by atoms with Crippen molar-refractivity contribution in [2.45, 2.75) is 20.8 Å². The lowest BCUT2D eigenvalue weighted by Gasteiger charge is -2.19. The van der Waals surface area contributed by atoms with Crippen LogP contribution in [-0.2, 0) is 4.79 Å². The fourth-order valence-electron chi connectivity index (χ4n) is 3.45. The van der Waals surface area contributed by atoms with Gasteiger partial charge in [-0.15, -0.1) is 0 Å². The van der Waals surface area contributed by atoms with E-state index in [1.165, 1.54) is 0 Å². The molecule has 2 aromatic rings. The monoisotopic (exact) mass is 351 g/mol. The number of ether oxygens (including phenoxy) is 2. The fourth-order valence-corrected chi connectivity index (χ4v) is 3.45. The van der Waals surface area contributed by atoms with Gasteiger partial charge in [0.1, 0.15) is 11.5 Å². The lowest BCUT2D eigenvalue weighted by molar-refractivity contribution is -0.113. The molecule has 1 aliphatic heterocycles. The van der Waals surface area contributed by atoms with Crippen LogP contribution in [0.15, 0.2) is 36.4 Å². The highest BCUT2D eigenvalue weighted by molar-refractivity contribution is 6.35. The van der Waals surface area contributed by atoms with Crippen LogP contribution in [0.5, 0.6) is 11.5 Å². The van der Waals surface area contributed by atoms with E-state index in [-0.39, 0.29) is 5.91 Å². The SMILES string of the molecule is COc1ccc(/C=C2\C(=O)N(CC(C)C)c3ccccc32)c(OC)c1C. The summed E-state index contributed by atoms with van der Waals surface area (Å²) in [5.74, 6) is 1.92. The summed E-state index contributed by atoms with van der Waals surface area (Å²) >= 11 is 0. The summed E-state index contributed by atoms with van der Waals surface area (Å²) in [4.78, 5) is 15.0. The van der Waals surface area contributed by atoms with Gasteiger partial charge >= 0.3 is 0 Å². The molecule has 0 aliphatic carbocycles. The zero-order valence-corrected chi connectivity index (χ0v) is 16.0. The number of benzene rings is 2. The summed E-state index contributed by atoms with van der Waals surface area (Å²) in [6, 6.07) is 11.8.